The van der Waals surface area contributed by atoms with Crippen LogP contribution < -0.4 is 4.90 Å². The van der Waals surface area contributed by atoms with Gasteiger partial charge in [-0.05, 0) is 18.2 Å². The average Bonchev–Trinajstić information content (AvgIpc) is 3.12. The zero-order valence-electron chi connectivity index (χ0n) is 13.0. The van der Waals surface area contributed by atoms with Crippen molar-refractivity contribution in [2.75, 3.05) is 32.1 Å². The number of nitriles is 1. The normalized spacial score (nSPS) is 9.43. The summed E-state index contributed by atoms with van der Waals surface area (Å²) in [6, 6.07) is 8.94. The second kappa shape index (κ2) is 7.98. The number of likely N-dealkylation sites (N-methyl/N-ethyl adjacent to an activating group) is 2. The third-order valence-electron chi connectivity index (χ3n) is 3.17. The Morgan fingerprint density at radius 2 is 2.09 bits per heavy atom. The summed E-state index contributed by atoms with van der Waals surface area (Å²) in [6.45, 7) is 1.24. The second-order valence-corrected chi connectivity index (χ2v) is 5.78. The van der Waals surface area contributed by atoms with Gasteiger partial charge in [-0.25, -0.2) is 4.98 Å². The summed E-state index contributed by atoms with van der Waals surface area (Å²) < 4.78 is 0. The quantitative estimate of drug-likeness (QED) is 0.807. The van der Waals surface area contributed by atoms with Gasteiger partial charge in [-0.2, -0.15) is 5.26 Å². The maximum absolute atomic E-state index is 12.0. The first-order valence-corrected chi connectivity index (χ1v) is 7.86. The number of nitrogens with zero attached hydrogens (tertiary/aromatic N) is 4. The first-order chi connectivity index (χ1) is 11.1. The summed E-state index contributed by atoms with van der Waals surface area (Å²) in [5.41, 5.74) is 1.19. The highest BCUT2D eigenvalue weighted by Gasteiger charge is 2.08. The van der Waals surface area contributed by atoms with Gasteiger partial charge in [0.05, 0.1) is 11.6 Å². The van der Waals surface area contributed by atoms with E-state index in [4.69, 9.17) is 5.26 Å². The molecule has 2 aromatic rings. The third-order valence-corrected chi connectivity index (χ3v) is 4.05. The number of benzene rings is 1. The SMILES string of the molecule is CN(CCN(C)c1nccs1)C(=O)C#Cc1cccc(C#N)c1. The first kappa shape index (κ1) is 16.5. The molecule has 0 aliphatic heterocycles. The van der Waals surface area contributed by atoms with E-state index >= 15 is 0 Å². The lowest BCUT2D eigenvalue weighted by molar-refractivity contribution is -0.123. The highest BCUT2D eigenvalue weighted by molar-refractivity contribution is 7.13. The first-order valence-electron chi connectivity index (χ1n) is 6.98. The average molecular weight is 324 g/mol. The van der Waals surface area contributed by atoms with E-state index < -0.39 is 0 Å². The molecule has 1 amide bonds. The molecule has 0 radical (unpaired) electrons. The van der Waals surface area contributed by atoms with E-state index in [0.29, 0.717) is 24.2 Å². The molecule has 1 heterocycles. The number of anilines is 1. The monoisotopic (exact) mass is 324 g/mol. The van der Waals surface area contributed by atoms with Crippen molar-refractivity contribution in [3.63, 3.8) is 0 Å². The molecular weight excluding hydrogens is 308 g/mol. The fourth-order valence-corrected chi connectivity index (χ4v) is 2.43. The van der Waals surface area contributed by atoms with Gasteiger partial charge in [0.25, 0.3) is 5.91 Å². The predicted molar refractivity (Wildman–Crippen MR) is 91.1 cm³/mol. The second-order valence-electron chi connectivity index (χ2n) is 4.91. The lowest BCUT2D eigenvalue weighted by Gasteiger charge is -2.20. The molecule has 1 aromatic heterocycles. The summed E-state index contributed by atoms with van der Waals surface area (Å²) >= 11 is 1.56. The number of aromatic nitrogens is 1. The van der Waals surface area contributed by atoms with Crippen molar-refractivity contribution in [1.82, 2.24) is 9.88 Å². The van der Waals surface area contributed by atoms with E-state index in [1.54, 1.807) is 53.7 Å². The molecule has 0 unspecified atom stereocenters. The van der Waals surface area contributed by atoms with Crippen LogP contribution in [-0.2, 0) is 4.79 Å². The zero-order chi connectivity index (χ0) is 16.7. The lowest BCUT2D eigenvalue weighted by atomic mass is 10.1. The van der Waals surface area contributed by atoms with Crippen LogP contribution >= 0.6 is 11.3 Å². The van der Waals surface area contributed by atoms with Gasteiger partial charge in [-0.1, -0.05) is 12.0 Å². The molecule has 0 saturated carbocycles. The molecule has 23 heavy (non-hydrogen) atoms. The highest BCUT2D eigenvalue weighted by Crippen LogP contribution is 2.14. The van der Waals surface area contributed by atoms with Crippen LogP contribution in [0.1, 0.15) is 11.1 Å². The van der Waals surface area contributed by atoms with Crippen molar-refractivity contribution in [3.05, 3.63) is 47.0 Å². The minimum atomic E-state index is -0.250. The summed E-state index contributed by atoms with van der Waals surface area (Å²) in [7, 11) is 3.66. The van der Waals surface area contributed by atoms with Crippen LogP contribution in [0.15, 0.2) is 35.8 Å². The number of hydrogen-bond acceptors (Lipinski definition) is 5. The van der Waals surface area contributed by atoms with Crippen molar-refractivity contribution >= 4 is 22.4 Å². The third kappa shape index (κ3) is 4.84. The smallest absolute Gasteiger partial charge is 0.298 e. The van der Waals surface area contributed by atoms with Crippen molar-refractivity contribution in [3.8, 4) is 17.9 Å². The Hall–Kier alpha value is -2.83. The van der Waals surface area contributed by atoms with Crippen LogP contribution in [0.5, 0.6) is 0 Å². The Labute approximate surface area is 139 Å². The molecule has 0 bridgehead atoms. The van der Waals surface area contributed by atoms with E-state index in [-0.39, 0.29) is 5.91 Å². The maximum Gasteiger partial charge on any atom is 0.298 e. The van der Waals surface area contributed by atoms with Gasteiger partial charge < -0.3 is 9.80 Å². The molecule has 0 spiro atoms. The molecule has 0 aliphatic rings. The molecule has 6 heteroatoms. The lowest BCUT2D eigenvalue weighted by Crippen LogP contribution is -2.34. The van der Waals surface area contributed by atoms with E-state index in [0.717, 1.165) is 5.13 Å². The van der Waals surface area contributed by atoms with Gasteiger partial charge in [0.2, 0.25) is 0 Å². The van der Waals surface area contributed by atoms with Crippen molar-refractivity contribution in [2.24, 2.45) is 0 Å². The Morgan fingerprint density at radius 1 is 1.30 bits per heavy atom. The number of amides is 1. The molecular formula is C17H16N4OS. The van der Waals surface area contributed by atoms with Crippen molar-refractivity contribution < 1.29 is 4.79 Å². The highest BCUT2D eigenvalue weighted by atomic mass is 32.1. The predicted octanol–water partition coefficient (Wildman–Crippen LogP) is 1.96. The van der Waals surface area contributed by atoms with Crippen molar-refractivity contribution in [1.29, 1.82) is 5.26 Å². The summed E-state index contributed by atoms with van der Waals surface area (Å²) in [4.78, 5) is 19.8. The Bertz CT molecular complexity index is 768. The molecule has 1 aromatic carbocycles. The van der Waals surface area contributed by atoms with E-state index in [1.807, 2.05) is 17.3 Å². The minimum Gasteiger partial charge on any atom is -0.349 e. The Balaban J connectivity index is 1.90. The Morgan fingerprint density at radius 3 is 2.78 bits per heavy atom. The molecule has 2 rings (SSSR count). The fourth-order valence-electron chi connectivity index (χ4n) is 1.79. The molecule has 5 nitrogen and oxygen atoms in total. The summed E-state index contributed by atoms with van der Waals surface area (Å²) in [5, 5.41) is 11.7. The number of hydrogen-bond donors (Lipinski definition) is 0. The van der Waals surface area contributed by atoms with Crippen molar-refractivity contribution in [2.45, 2.75) is 0 Å². The van der Waals surface area contributed by atoms with Crippen LogP contribution in [0.25, 0.3) is 0 Å². The van der Waals surface area contributed by atoms with Gasteiger partial charge in [0.15, 0.2) is 5.13 Å². The zero-order valence-corrected chi connectivity index (χ0v) is 13.8. The molecule has 0 fully saturated rings. The van der Waals surface area contributed by atoms with Crippen LogP contribution in [0.2, 0.25) is 0 Å². The Kier molecular flexibility index (Phi) is 5.74. The molecule has 0 aliphatic carbocycles. The van der Waals surface area contributed by atoms with Gasteiger partial charge in [0, 0.05) is 50.2 Å². The molecule has 0 N–H and O–H groups in total. The molecule has 0 atom stereocenters. The minimum absolute atomic E-state index is 0.250. The van der Waals surface area contributed by atoms with Gasteiger partial charge in [-0.15, -0.1) is 11.3 Å². The molecule has 116 valence electrons. The van der Waals surface area contributed by atoms with E-state index in [2.05, 4.69) is 22.9 Å². The van der Waals surface area contributed by atoms with Gasteiger partial charge in [-0.3, -0.25) is 4.79 Å². The number of thiazole rings is 1. The fraction of sp³-hybridized carbons (Fsp3) is 0.235. The van der Waals surface area contributed by atoms with E-state index in [1.165, 1.54) is 0 Å². The van der Waals surface area contributed by atoms with E-state index in [9.17, 15) is 4.79 Å². The van der Waals surface area contributed by atoms with Crippen LogP contribution in [0.3, 0.4) is 0 Å². The van der Waals surface area contributed by atoms with Crippen LogP contribution in [-0.4, -0.2) is 43.0 Å². The largest absolute Gasteiger partial charge is 0.349 e. The standard InChI is InChI=1S/C17H16N4OS/c1-20(9-10-21(2)17-19-8-11-23-17)16(22)7-6-14-4-3-5-15(12-14)13-18/h3-5,8,11-12H,9-10H2,1-2H3. The number of carbonyl (C=O) groups is 1. The summed E-state index contributed by atoms with van der Waals surface area (Å²) in [6.07, 6.45) is 1.76. The summed E-state index contributed by atoms with van der Waals surface area (Å²) in [5.74, 6) is 5.15. The maximum atomic E-state index is 12.0. The number of carbonyl (C=O) groups excluding carboxylic acids is 1. The van der Waals surface area contributed by atoms with Gasteiger partial charge >= 0.3 is 0 Å². The van der Waals surface area contributed by atoms with Gasteiger partial charge in [0.1, 0.15) is 0 Å². The number of rotatable bonds is 4. The topological polar surface area (TPSA) is 60.2 Å². The molecule has 0 saturated heterocycles. The van der Waals surface area contributed by atoms with Crippen LogP contribution in [0.4, 0.5) is 5.13 Å². The van der Waals surface area contributed by atoms with Crippen LogP contribution in [0, 0.1) is 23.2 Å².